The van der Waals surface area contributed by atoms with Gasteiger partial charge in [0.25, 0.3) is 0 Å². The fourth-order valence-electron chi connectivity index (χ4n) is 3.66. The lowest BCUT2D eigenvalue weighted by atomic mass is 10.1. The van der Waals surface area contributed by atoms with Crippen molar-refractivity contribution in [3.8, 4) is 0 Å². The molecular weight excluding hydrogens is 518 g/mol. The molecule has 3 rings (SSSR count). The molecule has 1 aliphatic heterocycles. The van der Waals surface area contributed by atoms with Crippen molar-refractivity contribution < 1.29 is 31.5 Å². The predicted octanol–water partition coefficient (Wildman–Crippen LogP) is 3.86. The second kappa shape index (κ2) is 10.3. The third-order valence-electron chi connectivity index (χ3n) is 5.23. The first-order valence-corrected chi connectivity index (χ1v) is 12.3. The zero-order valence-corrected chi connectivity index (χ0v) is 20.2. The van der Waals surface area contributed by atoms with Gasteiger partial charge in [0, 0.05) is 13.1 Å². The zero-order chi connectivity index (χ0) is 25.3. The van der Waals surface area contributed by atoms with E-state index in [0.29, 0.717) is 17.7 Å². The normalized spacial score (nSPS) is 19.6. The number of aliphatic hydroxyl groups is 1. The minimum absolute atomic E-state index is 0.00272. The molecule has 7 nitrogen and oxygen atoms in total. The first-order chi connectivity index (χ1) is 15.8. The maximum absolute atomic E-state index is 13.3. The van der Waals surface area contributed by atoms with Crippen LogP contribution >= 0.6 is 23.2 Å². The quantitative estimate of drug-likeness (QED) is 0.583. The minimum Gasteiger partial charge on any atom is -0.394 e. The molecule has 0 aliphatic carbocycles. The van der Waals surface area contributed by atoms with Gasteiger partial charge in [0.15, 0.2) is 0 Å². The fourth-order valence-corrected chi connectivity index (χ4v) is 6.32. The van der Waals surface area contributed by atoms with Gasteiger partial charge in [-0.15, -0.1) is 0 Å². The molecule has 2 aromatic rings. The van der Waals surface area contributed by atoms with Crippen LogP contribution in [0.3, 0.4) is 0 Å². The number of anilines is 1. The van der Waals surface area contributed by atoms with Gasteiger partial charge in [-0.2, -0.15) is 25.9 Å². The SMILES string of the molecule is C[C@H]1CN(CC(=O)N[C@H](CO)c2ccccc2)S(=O)(=O)N(c2c(Cl)cc(C(F)(F)F)cc2Cl)C1. The van der Waals surface area contributed by atoms with E-state index >= 15 is 0 Å². The van der Waals surface area contributed by atoms with Crippen LogP contribution in [0.2, 0.25) is 10.0 Å². The number of alkyl halides is 3. The molecule has 2 aromatic carbocycles. The number of carbonyl (C=O) groups is 1. The maximum Gasteiger partial charge on any atom is 0.416 e. The number of hydrogen-bond donors (Lipinski definition) is 2. The number of halogens is 5. The van der Waals surface area contributed by atoms with Crippen molar-refractivity contribution in [2.75, 3.05) is 30.5 Å². The van der Waals surface area contributed by atoms with E-state index in [1.54, 1.807) is 37.3 Å². The van der Waals surface area contributed by atoms with Gasteiger partial charge < -0.3 is 10.4 Å². The number of nitrogens with one attached hydrogen (secondary N) is 1. The van der Waals surface area contributed by atoms with Crippen molar-refractivity contribution in [2.45, 2.75) is 19.1 Å². The van der Waals surface area contributed by atoms with E-state index in [2.05, 4.69) is 5.32 Å². The van der Waals surface area contributed by atoms with Crippen LogP contribution in [0.25, 0.3) is 0 Å². The summed E-state index contributed by atoms with van der Waals surface area (Å²) in [6.07, 6.45) is -4.72. The lowest BCUT2D eigenvalue weighted by molar-refractivity contribution is -0.137. The van der Waals surface area contributed by atoms with E-state index < -0.39 is 57.1 Å². The molecule has 0 bridgehead atoms. The number of nitrogens with zero attached hydrogens (tertiary/aromatic N) is 2. The summed E-state index contributed by atoms with van der Waals surface area (Å²) in [6.45, 7) is 0.662. The van der Waals surface area contributed by atoms with Gasteiger partial charge >= 0.3 is 16.4 Å². The minimum atomic E-state index is -4.72. The van der Waals surface area contributed by atoms with Gasteiger partial charge in [-0.1, -0.05) is 60.5 Å². The summed E-state index contributed by atoms with van der Waals surface area (Å²) < 4.78 is 67.5. The molecule has 13 heteroatoms. The first kappa shape index (κ1) is 26.6. The molecular formula is C21H22Cl2F3N3O4S. The third-order valence-corrected chi connectivity index (χ3v) is 7.63. The van der Waals surface area contributed by atoms with E-state index in [4.69, 9.17) is 23.2 Å². The largest absolute Gasteiger partial charge is 0.416 e. The van der Waals surface area contributed by atoms with E-state index in [-0.39, 0.29) is 24.7 Å². The van der Waals surface area contributed by atoms with Crippen LogP contribution in [-0.4, -0.2) is 50.0 Å². The number of aliphatic hydroxyl groups excluding tert-OH is 1. The van der Waals surface area contributed by atoms with Gasteiger partial charge in [-0.05, 0) is 23.6 Å². The molecule has 0 aromatic heterocycles. The monoisotopic (exact) mass is 539 g/mol. The highest BCUT2D eigenvalue weighted by Gasteiger charge is 2.41. The van der Waals surface area contributed by atoms with Gasteiger partial charge in [-0.3, -0.25) is 9.10 Å². The van der Waals surface area contributed by atoms with E-state index in [1.807, 2.05) is 0 Å². The molecule has 34 heavy (non-hydrogen) atoms. The van der Waals surface area contributed by atoms with Crippen molar-refractivity contribution >= 4 is 45.0 Å². The van der Waals surface area contributed by atoms with Gasteiger partial charge in [0.2, 0.25) is 5.91 Å². The van der Waals surface area contributed by atoms with Crippen LogP contribution in [0, 0.1) is 5.92 Å². The predicted molar refractivity (Wildman–Crippen MR) is 123 cm³/mol. The molecule has 186 valence electrons. The Bertz CT molecular complexity index is 1130. The van der Waals surface area contributed by atoms with Crippen LogP contribution in [0.4, 0.5) is 18.9 Å². The molecule has 0 radical (unpaired) electrons. The summed E-state index contributed by atoms with van der Waals surface area (Å²) in [5.41, 5.74) is -0.759. The average Bonchev–Trinajstić information content (AvgIpc) is 2.74. The van der Waals surface area contributed by atoms with Crippen LogP contribution in [-0.2, 0) is 21.2 Å². The van der Waals surface area contributed by atoms with Crippen molar-refractivity contribution in [3.63, 3.8) is 0 Å². The van der Waals surface area contributed by atoms with Crippen molar-refractivity contribution in [1.82, 2.24) is 9.62 Å². The van der Waals surface area contributed by atoms with Crippen LogP contribution in [0.5, 0.6) is 0 Å². The van der Waals surface area contributed by atoms with Gasteiger partial charge in [0.1, 0.15) is 0 Å². The Kier molecular flexibility index (Phi) is 8.03. The molecule has 0 saturated carbocycles. The molecule has 1 heterocycles. The van der Waals surface area contributed by atoms with Gasteiger partial charge in [0.05, 0.1) is 40.5 Å². The summed E-state index contributed by atoms with van der Waals surface area (Å²) in [4.78, 5) is 12.7. The fraction of sp³-hybridized carbons (Fsp3) is 0.381. The Morgan fingerprint density at radius 1 is 1.18 bits per heavy atom. The summed E-state index contributed by atoms with van der Waals surface area (Å²) in [5.74, 6) is -0.960. The summed E-state index contributed by atoms with van der Waals surface area (Å²) in [6, 6.07) is 9.13. The highest BCUT2D eigenvalue weighted by Crippen LogP contribution is 2.42. The molecule has 1 saturated heterocycles. The van der Waals surface area contributed by atoms with Crippen molar-refractivity contribution in [3.05, 3.63) is 63.6 Å². The molecule has 1 amide bonds. The summed E-state index contributed by atoms with van der Waals surface area (Å²) in [7, 11) is -4.35. The smallest absolute Gasteiger partial charge is 0.394 e. The molecule has 0 spiro atoms. The number of amides is 1. The average molecular weight is 540 g/mol. The Morgan fingerprint density at radius 3 is 2.29 bits per heavy atom. The molecule has 1 aliphatic rings. The number of rotatable bonds is 6. The molecule has 1 fully saturated rings. The highest BCUT2D eigenvalue weighted by atomic mass is 35.5. The first-order valence-electron chi connectivity index (χ1n) is 10.1. The summed E-state index contributed by atoms with van der Waals surface area (Å²) in [5, 5.41) is 11.3. The van der Waals surface area contributed by atoms with Crippen LogP contribution in [0.15, 0.2) is 42.5 Å². The maximum atomic E-state index is 13.3. The Labute approximate surface area is 205 Å². The Morgan fingerprint density at radius 2 is 1.76 bits per heavy atom. The summed E-state index contributed by atoms with van der Waals surface area (Å²) >= 11 is 12.1. The van der Waals surface area contributed by atoms with Gasteiger partial charge in [-0.25, -0.2) is 0 Å². The Balaban J connectivity index is 1.86. The number of hydrogen-bond acceptors (Lipinski definition) is 4. The topological polar surface area (TPSA) is 90.0 Å². The lowest BCUT2D eigenvalue weighted by Crippen LogP contribution is -2.56. The number of carbonyl (C=O) groups excluding carboxylic acids is 1. The second-order valence-corrected chi connectivity index (χ2v) is 10.6. The van der Waals surface area contributed by atoms with Crippen LogP contribution in [0.1, 0.15) is 24.1 Å². The Hall–Kier alpha value is -2.05. The molecule has 0 unspecified atom stereocenters. The third kappa shape index (κ3) is 5.77. The lowest BCUT2D eigenvalue weighted by Gasteiger charge is -2.39. The van der Waals surface area contributed by atoms with Crippen molar-refractivity contribution in [2.24, 2.45) is 5.92 Å². The zero-order valence-electron chi connectivity index (χ0n) is 17.9. The number of benzene rings is 2. The highest BCUT2D eigenvalue weighted by molar-refractivity contribution is 7.90. The molecule has 2 N–H and O–H groups in total. The van der Waals surface area contributed by atoms with Crippen molar-refractivity contribution in [1.29, 1.82) is 0 Å². The second-order valence-electron chi connectivity index (χ2n) is 7.94. The van der Waals surface area contributed by atoms with E-state index in [0.717, 1.165) is 8.61 Å². The molecule has 2 atom stereocenters. The standard InChI is InChI=1S/C21H22Cl2F3N3O4S/c1-13-9-28(11-19(31)27-18(12-30)14-5-3-2-4-6-14)34(32,33)29(10-13)20-16(22)7-15(8-17(20)23)21(24,25)26/h2-8,13,18,30H,9-12H2,1H3,(H,27,31)/t13-,18+/m0/s1. The van der Waals surface area contributed by atoms with E-state index in [1.165, 1.54) is 0 Å². The van der Waals surface area contributed by atoms with Crippen LogP contribution < -0.4 is 9.62 Å². The van der Waals surface area contributed by atoms with E-state index in [9.17, 15) is 31.5 Å².